The van der Waals surface area contributed by atoms with Crippen LogP contribution in [0.2, 0.25) is 0 Å². The third-order valence-corrected chi connectivity index (χ3v) is 2.54. The molecule has 1 amide bonds. The average Bonchev–Trinajstić information content (AvgIpc) is 2.34. The van der Waals surface area contributed by atoms with Crippen molar-refractivity contribution in [2.75, 3.05) is 6.54 Å². The van der Waals surface area contributed by atoms with Gasteiger partial charge in [0.1, 0.15) is 5.82 Å². The molecule has 8 heteroatoms. The first kappa shape index (κ1) is 15.9. The number of halogens is 4. The maximum atomic E-state index is 13.3. The van der Waals surface area contributed by atoms with E-state index in [1.54, 1.807) is 0 Å². The van der Waals surface area contributed by atoms with Crippen LogP contribution in [0, 0.1) is 11.7 Å². The van der Waals surface area contributed by atoms with E-state index in [9.17, 15) is 27.2 Å². The number of hydrogen-bond donors (Lipinski definition) is 2. The summed E-state index contributed by atoms with van der Waals surface area (Å²) in [6.07, 6.45) is -5.40. The lowest BCUT2D eigenvalue weighted by atomic mass is 9.99. The van der Waals surface area contributed by atoms with Gasteiger partial charge in [0, 0.05) is 6.54 Å². The Morgan fingerprint density at radius 1 is 1.25 bits per heavy atom. The lowest BCUT2D eigenvalue weighted by Crippen LogP contribution is -2.41. The third kappa shape index (κ3) is 4.52. The summed E-state index contributed by atoms with van der Waals surface area (Å²) in [5.74, 6) is -5.65. The number of hydrogen-bond acceptors (Lipinski definition) is 2. The highest BCUT2D eigenvalue weighted by Crippen LogP contribution is 2.16. The smallest absolute Gasteiger partial charge is 0.471 e. The predicted molar refractivity (Wildman–Crippen MR) is 60.3 cm³/mol. The molecule has 2 N–H and O–H groups in total. The molecule has 1 aromatic carbocycles. The summed E-state index contributed by atoms with van der Waals surface area (Å²) in [6.45, 7) is -0.734. The van der Waals surface area contributed by atoms with Crippen molar-refractivity contribution in [3.63, 3.8) is 0 Å². The van der Waals surface area contributed by atoms with Crippen LogP contribution in [-0.2, 0) is 16.0 Å². The Hall–Kier alpha value is -2.12. The molecule has 0 aromatic heterocycles. The van der Waals surface area contributed by atoms with E-state index >= 15 is 0 Å². The van der Waals surface area contributed by atoms with Crippen molar-refractivity contribution in [2.45, 2.75) is 12.6 Å². The molecule has 1 aromatic rings. The van der Waals surface area contributed by atoms with E-state index in [-0.39, 0.29) is 12.0 Å². The minimum atomic E-state index is -5.08. The van der Waals surface area contributed by atoms with E-state index in [0.29, 0.717) is 0 Å². The second-order valence-electron chi connectivity index (χ2n) is 4.04. The number of rotatable bonds is 5. The molecular weight excluding hydrogens is 282 g/mol. The Bertz CT molecular complexity index is 502. The lowest BCUT2D eigenvalue weighted by molar-refractivity contribution is -0.174. The first-order valence-electron chi connectivity index (χ1n) is 5.53. The van der Waals surface area contributed by atoms with Gasteiger partial charge in [-0.25, -0.2) is 4.39 Å². The van der Waals surface area contributed by atoms with Gasteiger partial charge in [-0.1, -0.05) is 18.2 Å². The normalized spacial score (nSPS) is 12.8. The van der Waals surface area contributed by atoms with Crippen LogP contribution in [0.4, 0.5) is 17.6 Å². The monoisotopic (exact) mass is 293 g/mol. The molecule has 1 rings (SSSR count). The van der Waals surface area contributed by atoms with Gasteiger partial charge in [0.15, 0.2) is 0 Å². The molecule has 0 aliphatic heterocycles. The van der Waals surface area contributed by atoms with Crippen LogP contribution < -0.4 is 5.32 Å². The van der Waals surface area contributed by atoms with Crippen molar-refractivity contribution in [3.8, 4) is 0 Å². The molecule has 0 saturated heterocycles. The second kappa shape index (κ2) is 6.36. The number of alkyl halides is 3. The van der Waals surface area contributed by atoms with E-state index in [1.165, 1.54) is 23.5 Å². The first-order valence-corrected chi connectivity index (χ1v) is 5.53. The van der Waals surface area contributed by atoms with Crippen LogP contribution in [0.25, 0.3) is 0 Å². The molecule has 0 saturated carbocycles. The van der Waals surface area contributed by atoms with Gasteiger partial charge in [0.2, 0.25) is 0 Å². The Balaban J connectivity index is 2.70. The zero-order valence-corrected chi connectivity index (χ0v) is 10.1. The van der Waals surface area contributed by atoms with Crippen molar-refractivity contribution in [3.05, 3.63) is 35.6 Å². The molecule has 1 unspecified atom stereocenters. The molecule has 0 bridgehead atoms. The summed E-state index contributed by atoms with van der Waals surface area (Å²) in [5.41, 5.74) is 0.0566. The van der Waals surface area contributed by atoms with Gasteiger partial charge in [-0.15, -0.1) is 0 Å². The topological polar surface area (TPSA) is 66.4 Å². The second-order valence-corrected chi connectivity index (χ2v) is 4.04. The number of benzene rings is 1. The van der Waals surface area contributed by atoms with E-state index < -0.39 is 36.3 Å². The highest BCUT2D eigenvalue weighted by Gasteiger charge is 2.39. The highest BCUT2D eigenvalue weighted by molar-refractivity contribution is 5.82. The van der Waals surface area contributed by atoms with Crippen LogP contribution >= 0.6 is 0 Å². The standard InChI is InChI=1S/C12H11F4NO3/c13-9-4-2-1-3-7(9)5-8(10(18)19)6-17-11(20)12(14,15)16/h1-4,8H,5-6H2,(H,17,20)(H,18,19). The minimum Gasteiger partial charge on any atom is -0.481 e. The van der Waals surface area contributed by atoms with Crippen molar-refractivity contribution >= 4 is 11.9 Å². The highest BCUT2D eigenvalue weighted by atomic mass is 19.4. The summed E-state index contributed by atoms with van der Waals surface area (Å²) in [6, 6.07) is 5.32. The Morgan fingerprint density at radius 2 is 1.85 bits per heavy atom. The Kier molecular flexibility index (Phi) is 5.06. The van der Waals surface area contributed by atoms with Gasteiger partial charge >= 0.3 is 18.1 Å². The predicted octanol–water partition coefficient (Wildman–Crippen LogP) is 1.75. The van der Waals surface area contributed by atoms with Crippen molar-refractivity contribution < 1.29 is 32.3 Å². The molecule has 0 spiro atoms. The van der Waals surface area contributed by atoms with Crippen LogP contribution in [0.5, 0.6) is 0 Å². The number of carbonyl (C=O) groups excluding carboxylic acids is 1. The van der Waals surface area contributed by atoms with Crippen LogP contribution in [0.15, 0.2) is 24.3 Å². The van der Waals surface area contributed by atoms with Crippen LogP contribution in [-0.4, -0.2) is 29.7 Å². The van der Waals surface area contributed by atoms with Crippen molar-refractivity contribution in [1.82, 2.24) is 5.32 Å². The summed E-state index contributed by atoms with van der Waals surface area (Å²) in [4.78, 5) is 21.5. The fourth-order valence-corrected chi connectivity index (χ4v) is 1.49. The first-order chi connectivity index (χ1) is 9.21. The summed E-state index contributed by atoms with van der Waals surface area (Å²) in [7, 11) is 0. The van der Waals surface area contributed by atoms with Gasteiger partial charge in [-0.2, -0.15) is 13.2 Å². The molecule has 0 radical (unpaired) electrons. The summed E-state index contributed by atoms with van der Waals surface area (Å²) >= 11 is 0. The van der Waals surface area contributed by atoms with E-state index in [4.69, 9.17) is 5.11 Å². The van der Waals surface area contributed by atoms with E-state index in [2.05, 4.69) is 0 Å². The number of amides is 1. The fraction of sp³-hybridized carbons (Fsp3) is 0.333. The molecule has 0 aliphatic carbocycles. The van der Waals surface area contributed by atoms with Crippen molar-refractivity contribution in [1.29, 1.82) is 0 Å². The number of aliphatic carboxylic acids is 1. The summed E-state index contributed by atoms with van der Waals surface area (Å²) < 4.78 is 49.3. The molecule has 110 valence electrons. The van der Waals surface area contributed by atoms with Gasteiger partial charge in [0.05, 0.1) is 5.92 Å². The van der Waals surface area contributed by atoms with Crippen LogP contribution in [0.1, 0.15) is 5.56 Å². The Labute approximate surface area is 111 Å². The Morgan fingerprint density at radius 3 is 2.35 bits per heavy atom. The van der Waals surface area contributed by atoms with Gasteiger partial charge in [0.25, 0.3) is 0 Å². The maximum Gasteiger partial charge on any atom is 0.471 e. The molecule has 0 aliphatic rings. The zero-order valence-electron chi connectivity index (χ0n) is 10.1. The van der Waals surface area contributed by atoms with Crippen molar-refractivity contribution in [2.24, 2.45) is 5.92 Å². The van der Waals surface area contributed by atoms with Gasteiger partial charge < -0.3 is 10.4 Å². The molecular formula is C12H11F4NO3. The zero-order chi connectivity index (χ0) is 15.3. The van der Waals surface area contributed by atoms with Gasteiger partial charge in [-0.3, -0.25) is 9.59 Å². The lowest BCUT2D eigenvalue weighted by Gasteiger charge is -2.14. The quantitative estimate of drug-likeness (QED) is 0.813. The molecule has 4 nitrogen and oxygen atoms in total. The number of nitrogens with one attached hydrogen (secondary N) is 1. The number of carbonyl (C=O) groups is 2. The van der Waals surface area contributed by atoms with E-state index in [0.717, 1.165) is 6.07 Å². The fourth-order valence-electron chi connectivity index (χ4n) is 1.49. The maximum absolute atomic E-state index is 13.3. The molecule has 0 heterocycles. The summed E-state index contributed by atoms with van der Waals surface area (Å²) in [5, 5.41) is 10.4. The SMILES string of the molecule is O=C(O)C(CNC(=O)C(F)(F)F)Cc1ccccc1F. The van der Waals surface area contributed by atoms with E-state index in [1.807, 2.05) is 0 Å². The average molecular weight is 293 g/mol. The van der Waals surface area contributed by atoms with Crippen LogP contribution in [0.3, 0.4) is 0 Å². The third-order valence-electron chi connectivity index (χ3n) is 2.54. The largest absolute Gasteiger partial charge is 0.481 e. The molecule has 1 atom stereocenters. The minimum absolute atomic E-state index is 0.0566. The van der Waals surface area contributed by atoms with Gasteiger partial charge in [-0.05, 0) is 18.1 Å². The molecule has 20 heavy (non-hydrogen) atoms. The number of carboxylic acids is 1. The molecule has 0 fully saturated rings. The number of carboxylic acid groups (broad SMARTS) is 1.